The van der Waals surface area contributed by atoms with Crippen molar-refractivity contribution in [3.63, 3.8) is 0 Å². The second-order valence-electron chi connectivity index (χ2n) is 34.3. The van der Waals surface area contributed by atoms with Gasteiger partial charge in [0.25, 0.3) is 0 Å². The summed E-state index contributed by atoms with van der Waals surface area (Å²) >= 11 is 0. The minimum absolute atomic E-state index is 0.0310. The van der Waals surface area contributed by atoms with Crippen LogP contribution in [-0.2, 0) is 48.0 Å². The van der Waals surface area contributed by atoms with E-state index in [-0.39, 0.29) is 16.7 Å². The van der Waals surface area contributed by atoms with Crippen LogP contribution in [0.2, 0.25) is 0 Å². The highest BCUT2D eigenvalue weighted by Gasteiger charge is 2.28. The Morgan fingerprint density at radius 1 is 0.336 bits per heavy atom. The van der Waals surface area contributed by atoms with Crippen LogP contribution in [0.15, 0.2) is 262 Å². The maximum atomic E-state index is 8.86. The lowest BCUT2D eigenvalue weighted by Crippen LogP contribution is -2.32. The summed E-state index contributed by atoms with van der Waals surface area (Å²) in [7, 11) is 9.61. The molecule has 0 saturated carbocycles. The van der Waals surface area contributed by atoms with Gasteiger partial charge in [-0.15, -0.1) is 0 Å². The number of hydrogen-bond donors (Lipinski definition) is 0. The molecule has 0 saturated heterocycles. The molecule has 20 aromatic rings. The quantitative estimate of drug-likeness (QED) is 0.141. The molecule has 15 aromatic heterocycles. The van der Waals surface area contributed by atoms with Gasteiger partial charge in [-0.3, -0.25) is 22.0 Å². The second kappa shape index (κ2) is 33.0. The summed E-state index contributed by atoms with van der Waals surface area (Å²) in [5, 5.41) is 0. The number of aryl methyl sites for hydroxylation is 14. The van der Waals surface area contributed by atoms with Crippen LogP contribution in [0.5, 0.6) is 0 Å². The Bertz CT molecular complexity index is 8110. The molecule has 0 aliphatic rings. The smallest absolute Gasteiger partial charge is 0.215 e. The van der Waals surface area contributed by atoms with Crippen LogP contribution in [-0.4, -0.2) is 46.9 Å². The summed E-state index contributed by atoms with van der Waals surface area (Å²) in [5.41, 5.74) is 31.1. The Morgan fingerprint density at radius 3 is 1.13 bits per heavy atom. The fourth-order valence-electron chi connectivity index (χ4n) is 16.6. The average molecular weight is 1620 g/mol. The third kappa shape index (κ3) is 16.1. The number of rotatable bonds is 8. The van der Waals surface area contributed by atoms with Crippen LogP contribution in [0.3, 0.4) is 0 Å². The zero-order valence-corrected chi connectivity index (χ0v) is 73.0. The molecule has 0 spiro atoms. The Labute approximate surface area is 736 Å². The lowest BCUT2D eigenvalue weighted by molar-refractivity contribution is -0.660. The van der Waals surface area contributed by atoms with Crippen molar-refractivity contribution in [3.8, 4) is 56.3 Å². The first-order valence-corrected chi connectivity index (χ1v) is 41.2. The first-order chi connectivity index (χ1) is 63.8. The number of fused-ring (bicyclic) bond motifs is 15. The largest absolute Gasteiger partial charge is 0.300 e. The van der Waals surface area contributed by atoms with Gasteiger partial charge in [0.15, 0.2) is 31.0 Å². The molecule has 0 aliphatic heterocycles. The molecule has 0 aliphatic carbocycles. The van der Waals surface area contributed by atoms with E-state index in [0.717, 1.165) is 156 Å². The van der Waals surface area contributed by atoms with Gasteiger partial charge in [0.2, 0.25) is 28.5 Å². The van der Waals surface area contributed by atoms with Gasteiger partial charge in [-0.2, -0.15) is 0 Å². The number of benzene rings is 5. The summed E-state index contributed by atoms with van der Waals surface area (Å²) in [6.07, 6.45) is 15.7. The SMILES string of the molecule is Cc1cc2nc3ccccn3c2cc1-c1cccc[n+]1C.[2H]C([2H])([2H])c1c[n+](C)c(-c2c(C)ccc3c2nc2ccccn23)cc1C.[2H]C([2H])([2H])c1c[n+](C)c(-c2c(C)ccc3c2nc2ccccn23)cc1C([2H])(C)C.[2H]C([2H])([2H])c1c[n+](C)c(-c2c(C)ccc3c2nc2ccccn23)cc1C([2H])([2H])C(C)(C)C.[2H]C([2H])(c1cc[n+](C)c(-c2c(C)ccc3c2nc2ccccn23)c1)C(C)(C)C. The third-order valence-corrected chi connectivity index (χ3v) is 22.5. The molecular weight excluding hydrogens is 1500 g/mol. The van der Waals surface area contributed by atoms with Crippen molar-refractivity contribution in [1.82, 2.24) is 46.9 Å². The van der Waals surface area contributed by atoms with E-state index in [1.54, 1.807) is 70.9 Å². The van der Waals surface area contributed by atoms with Gasteiger partial charge in [-0.25, -0.2) is 47.8 Å². The van der Waals surface area contributed by atoms with E-state index in [4.69, 9.17) is 39.1 Å². The maximum Gasteiger partial charge on any atom is 0.215 e. The van der Waals surface area contributed by atoms with Gasteiger partial charge in [0.1, 0.15) is 85.5 Å². The lowest BCUT2D eigenvalue weighted by atomic mass is 9.86. The van der Waals surface area contributed by atoms with Crippen LogP contribution in [0.1, 0.15) is 147 Å². The number of nitrogens with zero attached hydrogens (tertiary/aromatic N) is 15. The Kier molecular flexibility index (Phi) is 17.9. The van der Waals surface area contributed by atoms with Gasteiger partial charge in [0.05, 0.1) is 60.9 Å². The predicted octanol–water partition coefficient (Wildman–Crippen LogP) is 22.0. The second-order valence-corrected chi connectivity index (χ2v) is 34.3. The molecule has 0 N–H and O–H groups in total. The van der Waals surface area contributed by atoms with Gasteiger partial charge >= 0.3 is 0 Å². The Morgan fingerprint density at radius 2 is 0.713 bits per heavy atom. The van der Waals surface area contributed by atoms with Crippen molar-refractivity contribution >= 4 is 83.4 Å². The predicted molar refractivity (Wildman–Crippen MR) is 500 cm³/mol. The number of aromatic nitrogens is 15. The van der Waals surface area contributed by atoms with Crippen molar-refractivity contribution in [2.45, 2.75) is 136 Å². The molecule has 0 radical (unpaired) electrons. The molecule has 0 atom stereocenters. The Hall–Kier alpha value is -13.4. The van der Waals surface area contributed by atoms with E-state index < -0.39 is 50.0 Å². The molecule has 122 heavy (non-hydrogen) atoms. The van der Waals surface area contributed by atoms with Crippen molar-refractivity contribution < 1.29 is 42.0 Å². The highest BCUT2D eigenvalue weighted by atomic mass is 15.0. The van der Waals surface area contributed by atoms with E-state index in [2.05, 4.69) is 124 Å². The topological polar surface area (TPSA) is 106 Å². The van der Waals surface area contributed by atoms with Crippen molar-refractivity contribution in [2.24, 2.45) is 46.1 Å². The molecule has 612 valence electrons. The molecular formula is C107H114N15+5. The van der Waals surface area contributed by atoms with Crippen LogP contribution in [0, 0.1) is 72.9 Å². The molecule has 0 fully saturated rings. The van der Waals surface area contributed by atoms with Crippen molar-refractivity contribution in [3.05, 3.63) is 329 Å². The third-order valence-electron chi connectivity index (χ3n) is 22.5. The number of imidazole rings is 5. The molecule has 0 amide bonds. The van der Waals surface area contributed by atoms with E-state index in [0.29, 0.717) is 16.7 Å². The van der Waals surface area contributed by atoms with Crippen LogP contribution >= 0.6 is 0 Å². The first kappa shape index (κ1) is 66.4. The summed E-state index contributed by atoms with van der Waals surface area (Å²) in [6, 6.07) is 66.4. The average Bonchev–Trinajstić information content (AvgIpc) is 1.19. The molecule has 15 heteroatoms. The van der Waals surface area contributed by atoms with Crippen molar-refractivity contribution in [1.29, 1.82) is 0 Å². The zero-order chi connectivity index (χ0) is 98.1. The molecule has 0 bridgehead atoms. The van der Waals surface area contributed by atoms with E-state index in [9.17, 15) is 0 Å². The molecule has 0 unspecified atom stereocenters. The van der Waals surface area contributed by atoms with E-state index in [1.807, 2.05) is 250 Å². The zero-order valence-electron chi connectivity index (χ0n) is 87.0. The first-order valence-electron chi connectivity index (χ1n) is 48.2. The standard InChI is InChI=1S/C24H28N3.C23H26N3.C22H24N3.C20H20N3.C18H16N3/c1-16-10-11-19-23(25-21-9-7-8-12-27(19)21)22(16)20-13-18(14-24(3,4)5)17(2)15-26(20)6;1-16-9-10-18-22(24-20-8-6-7-12-26(18)20)21(16)19-14-17(11-13-25(19)5)15-23(2,3)4;1-14(2)17-12-19(24(5)13-16(17)4)21-15(3)9-10-18-22(21)23-20-8-6-7-11-25(18)20;1-13-8-9-16-20(21-18-7-5-6-10-23(16)18)19(13)17-11-14(2)15(3)12-22(17)4;1-13-11-15-17(21-10-6-4-8-18(21)19-15)12-14(13)16-7-3-5-9-20(16)2/h7-13,15H,14H2,1-6H3;6-14H,15H2,1-5H3;6-14H,1-5H3;5-12H,1-4H3;3-12H,1-2H3/q5*+1/i2D3,14D2;15D2;4D3,14D;3D3;. The monoisotopic (exact) mass is 1620 g/mol. The van der Waals surface area contributed by atoms with Crippen LogP contribution in [0.4, 0.5) is 0 Å². The summed E-state index contributed by atoms with van der Waals surface area (Å²) in [6.45, 7) is 20.0. The van der Waals surface area contributed by atoms with Gasteiger partial charge in [-0.1, -0.05) is 110 Å². The van der Waals surface area contributed by atoms with Crippen LogP contribution < -0.4 is 22.8 Å². The summed E-state index contributed by atoms with van der Waals surface area (Å²) in [4.78, 5) is 24.1. The van der Waals surface area contributed by atoms with E-state index in [1.165, 1.54) is 16.8 Å². The minimum atomic E-state index is -2.44. The van der Waals surface area contributed by atoms with Crippen molar-refractivity contribution in [2.75, 3.05) is 0 Å². The highest BCUT2D eigenvalue weighted by Crippen LogP contribution is 2.38. The van der Waals surface area contributed by atoms with Crippen LogP contribution in [0.25, 0.3) is 140 Å². The fraction of sp³-hybridized carbons (Fsp3) is 0.252. The number of hydrogen-bond acceptors (Lipinski definition) is 5. The summed E-state index contributed by atoms with van der Waals surface area (Å²) in [5.74, 6) is -1.05. The normalized spacial score (nSPS) is 14.2. The summed E-state index contributed by atoms with van der Waals surface area (Å²) < 4.78 is 135. The van der Waals surface area contributed by atoms with E-state index >= 15 is 0 Å². The number of pyridine rings is 10. The molecule has 15 nitrogen and oxygen atoms in total. The molecule has 20 rings (SSSR count). The Balaban J connectivity index is 0.000000124. The molecule has 5 aromatic carbocycles. The minimum Gasteiger partial charge on any atom is -0.300 e. The van der Waals surface area contributed by atoms with Gasteiger partial charge in [-0.05, 0) is 245 Å². The van der Waals surface area contributed by atoms with Gasteiger partial charge in [0, 0.05) is 109 Å². The van der Waals surface area contributed by atoms with Gasteiger partial charge < -0.3 is 0 Å². The maximum absolute atomic E-state index is 8.86. The highest BCUT2D eigenvalue weighted by molar-refractivity contribution is 5.98. The lowest BCUT2D eigenvalue weighted by Gasteiger charge is -2.19. The fourth-order valence-corrected chi connectivity index (χ4v) is 16.6. The molecule has 15 heterocycles.